The van der Waals surface area contributed by atoms with Crippen molar-refractivity contribution in [1.82, 2.24) is 5.43 Å². The number of halogens is 3. The zero-order valence-electron chi connectivity index (χ0n) is 15.2. The van der Waals surface area contributed by atoms with Crippen LogP contribution in [0.5, 0.6) is 5.75 Å². The van der Waals surface area contributed by atoms with Crippen LogP contribution in [0, 0.1) is 6.92 Å². The number of nitrogens with zero attached hydrogens (tertiary/aromatic N) is 1. The largest absolute Gasteiger partial charge is 0.483 e. The lowest BCUT2D eigenvalue weighted by molar-refractivity contribution is -0.123. The summed E-state index contributed by atoms with van der Waals surface area (Å²) in [6.07, 6.45) is -0.0203. The molecule has 0 fully saturated rings. The fraction of sp³-hybridized carbons (Fsp3) is 0.211. The van der Waals surface area contributed by atoms with Gasteiger partial charge in [-0.15, -0.1) is 0 Å². The number of carbonyl (C=O) groups excluding carboxylic acids is 2. The molecule has 0 aliphatic carbocycles. The van der Waals surface area contributed by atoms with Gasteiger partial charge in [0.2, 0.25) is 5.91 Å². The van der Waals surface area contributed by atoms with Crippen molar-refractivity contribution in [2.45, 2.75) is 20.3 Å². The molecular weight excluding hydrogens is 469 g/mol. The molecule has 0 bridgehead atoms. The summed E-state index contributed by atoms with van der Waals surface area (Å²) in [7, 11) is 0. The lowest BCUT2D eigenvalue weighted by Crippen LogP contribution is -2.26. The molecule has 0 atom stereocenters. The second-order valence-electron chi connectivity index (χ2n) is 5.95. The van der Waals surface area contributed by atoms with E-state index in [1.165, 1.54) is 0 Å². The van der Waals surface area contributed by atoms with Gasteiger partial charge in [0.15, 0.2) is 6.61 Å². The summed E-state index contributed by atoms with van der Waals surface area (Å²) >= 11 is 15.3. The lowest BCUT2D eigenvalue weighted by Gasteiger charge is -2.09. The van der Waals surface area contributed by atoms with Crippen LogP contribution in [0.3, 0.4) is 0 Å². The van der Waals surface area contributed by atoms with Gasteiger partial charge < -0.3 is 10.1 Å². The molecule has 0 aromatic heterocycles. The molecule has 9 heteroatoms. The Balaban J connectivity index is 1.81. The van der Waals surface area contributed by atoms with Crippen LogP contribution in [0.1, 0.15) is 18.9 Å². The smallest absolute Gasteiger partial charge is 0.277 e. The van der Waals surface area contributed by atoms with Gasteiger partial charge in [0.25, 0.3) is 5.91 Å². The molecule has 0 aliphatic rings. The first-order valence-corrected chi connectivity index (χ1v) is 9.75. The minimum Gasteiger partial charge on any atom is -0.483 e. The fourth-order valence-corrected chi connectivity index (χ4v) is 3.06. The third kappa shape index (κ3) is 7.14. The Hall–Kier alpha value is -2.09. The van der Waals surface area contributed by atoms with E-state index < -0.39 is 5.91 Å². The highest BCUT2D eigenvalue weighted by Gasteiger charge is 2.09. The van der Waals surface area contributed by atoms with E-state index in [0.717, 1.165) is 10.0 Å². The average Bonchev–Trinajstić information content (AvgIpc) is 2.62. The summed E-state index contributed by atoms with van der Waals surface area (Å²) in [5.41, 5.74) is 4.25. The van der Waals surface area contributed by atoms with E-state index in [-0.39, 0.29) is 18.9 Å². The maximum Gasteiger partial charge on any atom is 0.277 e. The summed E-state index contributed by atoms with van der Waals surface area (Å²) in [6.45, 7) is 3.37. The van der Waals surface area contributed by atoms with E-state index in [0.29, 0.717) is 27.2 Å². The van der Waals surface area contributed by atoms with Gasteiger partial charge in [0.05, 0.1) is 21.6 Å². The standard InChI is InChI=1S/C19H18BrCl2N3O3/c1-11-3-6-17(14(20)7-11)28-10-19(27)25-24-12(2)8-18(26)23-16-9-13(21)4-5-15(16)22/h3-7,9H,8,10H2,1-2H3,(H,23,26)(H,25,27)/b24-12+. The van der Waals surface area contributed by atoms with Crippen LogP contribution in [0.2, 0.25) is 10.0 Å². The van der Waals surface area contributed by atoms with Gasteiger partial charge in [-0.05, 0) is 65.7 Å². The molecule has 28 heavy (non-hydrogen) atoms. The molecule has 0 aliphatic heterocycles. The Labute approximate surface area is 181 Å². The molecule has 0 saturated heterocycles. The van der Waals surface area contributed by atoms with Gasteiger partial charge in [0, 0.05) is 10.7 Å². The molecule has 2 N–H and O–H groups in total. The topological polar surface area (TPSA) is 79.8 Å². The van der Waals surface area contributed by atoms with Crippen LogP contribution in [-0.4, -0.2) is 24.1 Å². The number of ether oxygens (including phenoxy) is 1. The summed E-state index contributed by atoms with van der Waals surface area (Å²) < 4.78 is 6.20. The SMILES string of the molecule is C/C(CC(=O)Nc1cc(Cl)ccc1Cl)=N\NC(=O)COc1ccc(C)cc1Br. The van der Waals surface area contributed by atoms with E-state index in [1.807, 2.05) is 19.1 Å². The summed E-state index contributed by atoms with van der Waals surface area (Å²) in [5.74, 6) is -0.219. The number of rotatable bonds is 7. The molecule has 6 nitrogen and oxygen atoms in total. The van der Waals surface area contributed by atoms with Crippen LogP contribution >= 0.6 is 39.1 Å². The molecular formula is C19H18BrCl2N3O3. The number of nitrogens with one attached hydrogen (secondary N) is 2. The van der Waals surface area contributed by atoms with Gasteiger partial charge in [0.1, 0.15) is 5.75 Å². The second kappa shape index (κ2) is 10.5. The normalized spacial score (nSPS) is 11.1. The monoisotopic (exact) mass is 485 g/mol. The van der Waals surface area contributed by atoms with Crippen LogP contribution in [0.15, 0.2) is 46.0 Å². The number of amides is 2. The van der Waals surface area contributed by atoms with Crippen molar-refractivity contribution < 1.29 is 14.3 Å². The van der Waals surface area contributed by atoms with Gasteiger partial charge >= 0.3 is 0 Å². The Morgan fingerprint density at radius 2 is 1.89 bits per heavy atom. The third-order valence-corrected chi connectivity index (χ3v) is 4.62. The number of anilines is 1. The highest BCUT2D eigenvalue weighted by atomic mass is 79.9. The van der Waals surface area contributed by atoms with Crippen molar-refractivity contribution in [1.29, 1.82) is 0 Å². The van der Waals surface area contributed by atoms with Crippen molar-refractivity contribution in [3.8, 4) is 5.75 Å². The van der Waals surface area contributed by atoms with E-state index in [4.69, 9.17) is 27.9 Å². The summed E-state index contributed by atoms with van der Waals surface area (Å²) in [6, 6.07) is 10.3. The molecule has 0 heterocycles. The number of carbonyl (C=O) groups is 2. The van der Waals surface area contributed by atoms with Gasteiger partial charge in [-0.25, -0.2) is 5.43 Å². The molecule has 0 spiro atoms. The van der Waals surface area contributed by atoms with Crippen molar-refractivity contribution in [3.05, 3.63) is 56.5 Å². The predicted octanol–water partition coefficient (Wildman–Crippen LogP) is 4.96. The number of benzene rings is 2. The first-order chi connectivity index (χ1) is 13.2. The quantitative estimate of drug-likeness (QED) is 0.428. The Kier molecular flexibility index (Phi) is 8.29. The van der Waals surface area contributed by atoms with Crippen molar-refractivity contribution >= 4 is 62.3 Å². The van der Waals surface area contributed by atoms with Crippen molar-refractivity contribution in [3.63, 3.8) is 0 Å². The van der Waals surface area contributed by atoms with Crippen molar-refractivity contribution in [2.75, 3.05) is 11.9 Å². The van der Waals surface area contributed by atoms with Crippen LogP contribution in [-0.2, 0) is 9.59 Å². The first-order valence-electron chi connectivity index (χ1n) is 8.20. The zero-order valence-corrected chi connectivity index (χ0v) is 18.3. The molecule has 2 rings (SSSR count). The minimum absolute atomic E-state index is 0.0203. The van der Waals surface area contributed by atoms with E-state index in [2.05, 4.69) is 31.8 Å². The Morgan fingerprint density at radius 3 is 2.61 bits per heavy atom. The second-order valence-corrected chi connectivity index (χ2v) is 7.65. The number of aryl methyl sites for hydroxylation is 1. The van der Waals surface area contributed by atoms with Gasteiger partial charge in [-0.3, -0.25) is 9.59 Å². The maximum atomic E-state index is 12.1. The zero-order chi connectivity index (χ0) is 20.7. The Bertz CT molecular complexity index is 919. The fourth-order valence-electron chi connectivity index (χ4n) is 2.12. The molecule has 148 valence electrons. The molecule has 0 radical (unpaired) electrons. The van der Waals surface area contributed by atoms with Gasteiger partial charge in [-0.1, -0.05) is 29.3 Å². The van der Waals surface area contributed by atoms with Gasteiger partial charge in [-0.2, -0.15) is 5.10 Å². The lowest BCUT2D eigenvalue weighted by atomic mass is 10.2. The van der Waals surface area contributed by atoms with Crippen molar-refractivity contribution in [2.24, 2.45) is 5.10 Å². The number of hydrazone groups is 1. The van der Waals surface area contributed by atoms with E-state index >= 15 is 0 Å². The highest BCUT2D eigenvalue weighted by Crippen LogP contribution is 2.26. The third-order valence-electron chi connectivity index (χ3n) is 3.44. The average molecular weight is 487 g/mol. The molecule has 0 unspecified atom stereocenters. The minimum atomic E-state index is -0.440. The van der Waals surface area contributed by atoms with E-state index in [1.54, 1.807) is 31.2 Å². The first kappa shape index (κ1) is 22.2. The van der Waals surface area contributed by atoms with Crippen LogP contribution in [0.4, 0.5) is 5.69 Å². The van der Waals surface area contributed by atoms with E-state index in [9.17, 15) is 9.59 Å². The molecule has 2 aromatic carbocycles. The molecule has 2 amide bonds. The number of hydrogen-bond acceptors (Lipinski definition) is 4. The van der Waals surface area contributed by atoms with Crippen LogP contribution in [0.25, 0.3) is 0 Å². The van der Waals surface area contributed by atoms with Crippen LogP contribution < -0.4 is 15.5 Å². The molecule has 0 saturated carbocycles. The Morgan fingerprint density at radius 1 is 1.14 bits per heavy atom. The predicted molar refractivity (Wildman–Crippen MR) is 115 cm³/mol. The summed E-state index contributed by atoms with van der Waals surface area (Å²) in [5, 5.41) is 7.38. The summed E-state index contributed by atoms with van der Waals surface area (Å²) in [4.78, 5) is 23.9. The number of hydrogen-bond donors (Lipinski definition) is 2. The maximum absolute atomic E-state index is 12.1. The molecule has 2 aromatic rings. The highest BCUT2D eigenvalue weighted by molar-refractivity contribution is 9.10.